The first-order valence-corrected chi connectivity index (χ1v) is 4.37. The van der Waals surface area contributed by atoms with Crippen LogP contribution in [-0.2, 0) is 20.9 Å². The zero-order chi connectivity index (χ0) is 10.4. The van der Waals surface area contributed by atoms with Crippen molar-refractivity contribution in [3.05, 3.63) is 35.9 Å². The van der Waals surface area contributed by atoms with Crippen molar-refractivity contribution in [1.29, 1.82) is 0 Å². The molecule has 0 heterocycles. The summed E-state index contributed by atoms with van der Waals surface area (Å²) in [5.41, 5.74) is 0.921. The molecule has 0 aliphatic carbocycles. The fourth-order valence-electron chi connectivity index (χ4n) is 0.992. The van der Waals surface area contributed by atoms with E-state index in [0.29, 0.717) is 0 Å². The lowest BCUT2D eigenvalue weighted by Crippen LogP contribution is -2.08. The third-order valence-electron chi connectivity index (χ3n) is 1.64. The molecule has 0 N–H and O–H groups in total. The molecule has 0 aliphatic heterocycles. The molecule has 0 radical (unpaired) electrons. The second kappa shape index (κ2) is 5.17. The standard InChI is InChI=1S/C11H12O3/c1-9(12)7-11(13)14-8-10-5-3-2-4-6-10/h2-6H,7-8H2,1H3/i7+1,9+1. The molecule has 14 heavy (non-hydrogen) atoms. The van der Waals surface area contributed by atoms with Crippen LogP contribution in [0.4, 0.5) is 0 Å². The highest BCUT2D eigenvalue weighted by Crippen LogP contribution is 2.01. The second-order valence-corrected chi connectivity index (χ2v) is 3.03. The molecule has 0 saturated heterocycles. The van der Waals surface area contributed by atoms with Crippen molar-refractivity contribution in [2.45, 2.75) is 20.0 Å². The van der Waals surface area contributed by atoms with Gasteiger partial charge in [-0.3, -0.25) is 9.59 Å². The van der Waals surface area contributed by atoms with Gasteiger partial charge in [-0.1, -0.05) is 30.3 Å². The third-order valence-corrected chi connectivity index (χ3v) is 1.64. The quantitative estimate of drug-likeness (QED) is 0.416. The van der Waals surface area contributed by atoms with E-state index in [1.165, 1.54) is 6.92 Å². The van der Waals surface area contributed by atoms with Gasteiger partial charge in [0.15, 0.2) is 0 Å². The van der Waals surface area contributed by atoms with Crippen LogP contribution >= 0.6 is 0 Å². The minimum atomic E-state index is -0.471. The summed E-state index contributed by atoms with van der Waals surface area (Å²) in [5, 5.41) is 0. The Hall–Kier alpha value is -1.64. The Labute approximate surface area is 82.7 Å². The summed E-state index contributed by atoms with van der Waals surface area (Å²) in [4.78, 5) is 21.5. The smallest absolute Gasteiger partial charge is 0.313 e. The summed E-state index contributed by atoms with van der Waals surface area (Å²) < 4.78 is 4.88. The first kappa shape index (κ1) is 10.4. The topological polar surface area (TPSA) is 43.4 Å². The molecule has 0 saturated carbocycles. The Balaban J connectivity index is 2.34. The second-order valence-electron chi connectivity index (χ2n) is 3.03. The van der Waals surface area contributed by atoms with Crippen molar-refractivity contribution < 1.29 is 14.3 Å². The molecule has 0 aromatic heterocycles. The van der Waals surface area contributed by atoms with Crippen molar-refractivity contribution in [2.75, 3.05) is 0 Å². The lowest BCUT2D eigenvalue weighted by molar-refractivity contribution is -0.146. The molecule has 74 valence electrons. The van der Waals surface area contributed by atoms with Crippen LogP contribution in [0.2, 0.25) is 0 Å². The predicted molar refractivity (Wildman–Crippen MR) is 51.5 cm³/mol. The SMILES string of the molecule is C[13C](=O)[13CH2]C(=O)OCc1ccccc1. The largest absolute Gasteiger partial charge is 0.460 e. The number of hydrogen-bond donors (Lipinski definition) is 0. The van der Waals surface area contributed by atoms with Gasteiger partial charge < -0.3 is 4.74 Å². The van der Waals surface area contributed by atoms with Crippen LogP contribution in [0.5, 0.6) is 0 Å². The van der Waals surface area contributed by atoms with Gasteiger partial charge in [-0.05, 0) is 12.5 Å². The number of carbonyl (C=O) groups is 2. The maximum Gasteiger partial charge on any atom is 0.313 e. The third kappa shape index (κ3) is 3.85. The van der Waals surface area contributed by atoms with Gasteiger partial charge in [0.25, 0.3) is 0 Å². The van der Waals surface area contributed by atoms with Gasteiger partial charge in [0, 0.05) is 0 Å². The summed E-state index contributed by atoms with van der Waals surface area (Å²) >= 11 is 0. The first-order chi connectivity index (χ1) is 6.68. The van der Waals surface area contributed by atoms with Crippen LogP contribution in [0.1, 0.15) is 18.9 Å². The number of ketones is 1. The van der Waals surface area contributed by atoms with Crippen molar-refractivity contribution in [2.24, 2.45) is 0 Å². The molecule has 0 fully saturated rings. The number of carbonyl (C=O) groups excluding carboxylic acids is 2. The average Bonchev–Trinajstić information content (AvgIpc) is 2.15. The van der Waals surface area contributed by atoms with Gasteiger partial charge in [0.1, 0.15) is 18.8 Å². The van der Waals surface area contributed by atoms with E-state index >= 15 is 0 Å². The van der Waals surface area contributed by atoms with Crippen LogP contribution in [0.3, 0.4) is 0 Å². The molecule has 1 aromatic carbocycles. The molecule has 0 atom stereocenters. The lowest BCUT2D eigenvalue weighted by Gasteiger charge is -2.02. The molecule has 0 aliphatic rings. The Morgan fingerprint density at radius 1 is 1.21 bits per heavy atom. The maximum absolute atomic E-state index is 11.0. The number of Topliss-reactive ketones (excluding diaryl/α,β-unsaturated/α-hetero) is 1. The van der Waals surface area contributed by atoms with Gasteiger partial charge in [-0.15, -0.1) is 0 Å². The van der Waals surface area contributed by atoms with Crippen molar-refractivity contribution in [1.82, 2.24) is 0 Å². The van der Waals surface area contributed by atoms with Crippen LogP contribution in [0.25, 0.3) is 0 Å². The zero-order valence-corrected chi connectivity index (χ0v) is 8.03. The zero-order valence-electron chi connectivity index (χ0n) is 8.03. The number of hydrogen-bond acceptors (Lipinski definition) is 3. The fraction of sp³-hybridized carbons (Fsp3) is 0.273. The molecule has 3 heteroatoms. The van der Waals surface area contributed by atoms with Crippen LogP contribution in [0, 0.1) is 0 Å². The lowest BCUT2D eigenvalue weighted by atomic mass is 10.2. The monoisotopic (exact) mass is 194 g/mol. The average molecular weight is 194 g/mol. The predicted octanol–water partition coefficient (Wildman–Crippen LogP) is 1.71. The molecule has 0 spiro atoms. The van der Waals surface area contributed by atoms with E-state index in [-0.39, 0.29) is 18.8 Å². The Morgan fingerprint density at radius 3 is 2.43 bits per heavy atom. The van der Waals surface area contributed by atoms with Crippen LogP contribution in [0.15, 0.2) is 30.3 Å². The molecule has 0 unspecified atom stereocenters. The van der Waals surface area contributed by atoms with E-state index < -0.39 is 5.97 Å². The van der Waals surface area contributed by atoms with Gasteiger partial charge in [0.05, 0.1) is 0 Å². The molecule has 3 nitrogen and oxygen atoms in total. The fourth-order valence-corrected chi connectivity index (χ4v) is 0.992. The van der Waals surface area contributed by atoms with Crippen molar-refractivity contribution >= 4 is 11.8 Å². The highest BCUT2D eigenvalue weighted by molar-refractivity contribution is 5.94. The summed E-state index contributed by atoms with van der Waals surface area (Å²) in [6, 6.07) is 9.35. The van der Waals surface area contributed by atoms with Gasteiger partial charge >= 0.3 is 5.97 Å². The normalized spacial score (nSPS) is 9.50. The minimum Gasteiger partial charge on any atom is -0.460 e. The van der Waals surface area contributed by atoms with Crippen molar-refractivity contribution in [3.63, 3.8) is 0 Å². The van der Waals surface area contributed by atoms with Crippen LogP contribution in [-0.4, -0.2) is 11.8 Å². The summed E-state index contributed by atoms with van der Waals surface area (Å²) in [6.45, 7) is 1.59. The number of ether oxygens (including phenoxy) is 1. The molecular formula is C11H12O3. The van der Waals surface area contributed by atoms with E-state index in [0.717, 1.165) is 5.56 Å². The van der Waals surface area contributed by atoms with Gasteiger partial charge in [-0.25, -0.2) is 0 Å². The molecule has 0 bridgehead atoms. The summed E-state index contributed by atoms with van der Waals surface area (Å²) in [7, 11) is 0. The maximum atomic E-state index is 11.0. The van der Waals surface area contributed by atoms with Gasteiger partial charge in [0.2, 0.25) is 0 Å². The van der Waals surface area contributed by atoms with E-state index in [1.54, 1.807) is 0 Å². The number of rotatable bonds is 4. The summed E-state index contributed by atoms with van der Waals surface area (Å²) in [6.07, 6.45) is -0.146. The molecule has 1 rings (SSSR count). The molecular weight excluding hydrogens is 182 g/mol. The molecule has 1 aromatic rings. The Morgan fingerprint density at radius 2 is 1.86 bits per heavy atom. The van der Waals surface area contributed by atoms with E-state index in [1.807, 2.05) is 30.3 Å². The highest BCUT2D eigenvalue weighted by Gasteiger charge is 2.05. The van der Waals surface area contributed by atoms with E-state index in [2.05, 4.69) is 0 Å². The van der Waals surface area contributed by atoms with E-state index in [4.69, 9.17) is 4.74 Å². The Kier molecular flexibility index (Phi) is 3.85. The Bertz CT molecular complexity index is 317. The van der Waals surface area contributed by atoms with E-state index in [9.17, 15) is 9.59 Å². The van der Waals surface area contributed by atoms with Crippen molar-refractivity contribution in [3.8, 4) is 0 Å². The first-order valence-electron chi connectivity index (χ1n) is 4.37. The van der Waals surface area contributed by atoms with Crippen LogP contribution < -0.4 is 0 Å². The highest BCUT2D eigenvalue weighted by atomic mass is 16.5. The van der Waals surface area contributed by atoms with Gasteiger partial charge in [-0.2, -0.15) is 0 Å². The summed E-state index contributed by atoms with van der Waals surface area (Å²) in [5.74, 6) is -0.649. The number of benzene rings is 1. The minimum absolute atomic E-state index is 0.146. The molecule has 0 amide bonds. The number of esters is 1.